The summed E-state index contributed by atoms with van der Waals surface area (Å²) in [5.74, 6) is -0.857. The number of carbonyl (C=O) groups is 1. The van der Waals surface area contributed by atoms with Gasteiger partial charge in [0.2, 0.25) is 0 Å². The van der Waals surface area contributed by atoms with Crippen LogP contribution in [0, 0.1) is 5.82 Å². The molecule has 1 rings (SSSR count). The predicted octanol–water partition coefficient (Wildman–Crippen LogP) is 1.39. The zero-order valence-corrected chi connectivity index (χ0v) is 7.87. The SMILES string of the molecule is CCOC(=O)[C@H](N)c1ccc(F)cc1. The number of ether oxygens (including phenoxy) is 1. The molecule has 0 aromatic heterocycles. The molecule has 1 aromatic rings. The van der Waals surface area contributed by atoms with Gasteiger partial charge >= 0.3 is 5.97 Å². The highest BCUT2D eigenvalue weighted by Crippen LogP contribution is 2.12. The van der Waals surface area contributed by atoms with Crippen molar-refractivity contribution >= 4 is 5.97 Å². The van der Waals surface area contributed by atoms with Gasteiger partial charge in [0.15, 0.2) is 0 Å². The molecule has 3 nitrogen and oxygen atoms in total. The Balaban J connectivity index is 2.73. The molecule has 76 valence electrons. The molecule has 0 fully saturated rings. The average molecular weight is 197 g/mol. The first-order chi connectivity index (χ1) is 6.65. The van der Waals surface area contributed by atoms with Gasteiger partial charge in [0.05, 0.1) is 6.61 Å². The highest BCUT2D eigenvalue weighted by atomic mass is 19.1. The van der Waals surface area contributed by atoms with Crippen LogP contribution in [0.5, 0.6) is 0 Å². The van der Waals surface area contributed by atoms with E-state index >= 15 is 0 Å². The predicted molar refractivity (Wildman–Crippen MR) is 50.0 cm³/mol. The van der Waals surface area contributed by atoms with Crippen LogP contribution in [0.2, 0.25) is 0 Å². The first kappa shape index (κ1) is 10.7. The number of halogens is 1. The van der Waals surface area contributed by atoms with Crippen LogP contribution in [0.4, 0.5) is 4.39 Å². The number of hydrogen-bond donors (Lipinski definition) is 1. The normalized spacial score (nSPS) is 12.2. The van der Waals surface area contributed by atoms with Gasteiger partial charge in [0, 0.05) is 0 Å². The number of benzene rings is 1. The molecule has 0 amide bonds. The van der Waals surface area contributed by atoms with E-state index < -0.39 is 12.0 Å². The third kappa shape index (κ3) is 2.53. The summed E-state index contributed by atoms with van der Waals surface area (Å²) in [5.41, 5.74) is 6.12. The molecule has 0 aliphatic heterocycles. The molecule has 0 heterocycles. The zero-order valence-electron chi connectivity index (χ0n) is 7.87. The molecule has 0 unspecified atom stereocenters. The Morgan fingerprint density at radius 2 is 2.07 bits per heavy atom. The molecule has 14 heavy (non-hydrogen) atoms. The molecular weight excluding hydrogens is 185 g/mol. The molecule has 0 aliphatic carbocycles. The molecule has 2 N–H and O–H groups in total. The van der Waals surface area contributed by atoms with E-state index in [0.29, 0.717) is 5.56 Å². The Bertz CT molecular complexity index is 310. The molecule has 1 atom stereocenters. The lowest BCUT2D eigenvalue weighted by Gasteiger charge is -2.10. The first-order valence-corrected chi connectivity index (χ1v) is 4.33. The fraction of sp³-hybridized carbons (Fsp3) is 0.300. The number of hydrogen-bond acceptors (Lipinski definition) is 3. The minimum atomic E-state index is -0.837. The van der Waals surface area contributed by atoms with Gasteiger partial charge in [-0.1, -0.05) is 12.1 Å². The van der Waals surface area contributed by atoms with Crippen LogP contribution < -0.4 is 5.73 Å². The van der Waals surface area contributed by atoms with Crippen molar-refractivity contribution in [3.8, 4) is 0 Å². The molecule has 0 aliphatic rings. The maximum Gasteiger partial charge on any atom is 0.327 e. The van der Waals surface area contributed by atoms with Crippen LogP contribution in [0.1, 0.15) is 18.5 Å². The van der Waals surface area contributed by atoms with Crippen molar-refractivity contribution in [3.05, 3.63) is 35.6 Å². The molecule has 0 saturated heterocycles. The smallest absolute Gasteiger partial charge is 0.327 e. The van der Waals surface area contributed by atoms with Crippen LogP contribution in [-0.4, -0.2) is 12.6 Å². The molecule has 0 radical (unpaired) electrons. The van der Waals surface area contributed by atoms with Gasteiger partial charge in [-0.3, -0.25) is 0 Å². The van der Waals surface area contributed by atoms with Crippen molar-refractivity contribution < 1.29 is 13.9 Å². The maximum atomic E-state index is 12.5. The summed E-state index contributed by atoms with van der Waals surface area (Å²) in [5, 5.41) is 0. The Hall–Kier alpha value is -1.42. The molecule has 0 saturated carbocycles. The van der Waals surface area contributed by atoms with Gasteiger partial charge in [0.1, 0.15) is 11.9 Å². The minimum Gasteiger partial charge on any atom is -0.465 e. The van der Waals surface area contributed by atoms with Gasteiger partial charge in [0.25, 0.3) is 0 Å². The summed E-state index contributed by atoms with van der Waals surface area (Å²) in [6, 6.07) is 4.62. The number of nitrogens with two attached hydrogens (primary N) is 1. The summed E-state index contributed by atoms with van der Waals surface area (Å²) in [4.78, 5) is 11.2. The van der Waals surface area contributed by atoms with E-state index in [-0.39, 0.29) is 12.4 Å². The fourth-order valence-electron chi connectivity index (χ4n) is 1.04. The third-order valence-corrected chi connectivity index (χ3v) is 1.77. The van der Waals surface area contributed by atoms with E-state index in [9.17, 15) is 9.18 Å². The van der Waals surface area contributed by atoms with Crippen molar-refractivity contribution in [3.63, 3.8) is 0 Å². The van der Waals surface area contributed by atoms with Gasteiger partial charge < -0.3 is 10.5 Å². The molecular formula is C10H12FNO2. The van der Waals surface area contributed by atoms with E-state index in [2.05, 4.69) is 0 Å². The first-order valence-electron chi connectivity index (χ1n) is 4.33. The largest absolute Gasteiger partial charge is 0.465 e. The van der Waals surface area contributed by atoms with Crippen molar-refractivity contribution in [1.82, 2.24) is 0 Å². The number of rotatable bonds is 3. The maximum absolute atomic E-state index is 12.5. The van der Waals surface area contributed by atoms with E-state index in [1.54, 1.807) is 6.92 Å². The molecule has 0 bridgehead atoms. The van der Waals surface area contributed by atoms with Crippen LogP contribution in [-0.2, 0) is 9.53 Å². The monoisotopic (exact) mass is 197 g/mol. The van der Waals surface area contributed by atoms with Crippen molar-refractivity contribution in [2.45, 2.75) is 13.0 Å². The number of carbonyl (C=O) groups excluding carboxylic acids is 1. The van der Waals surface area contributed by atoms with Crippen LogP contribution in [0.25, 0.3) is 0 Å². The fourth-order valence-corrected chi connectivity index (χ4v) is 1.04. The van der Waals surface area contributed by atoms with Crippen molar-refractivity contribution in [2.24, 2.45) is 5.73 Å². The highest BCUT2D eigenvalue weighted by Gasteiger charge is 2.16. The highest BCUT2D eigenvalue weighted by molar-refractivity contribution is 5.77. The summed E-state index contributed by atoms with van der Waals surface area (Å²) >= 11 is 0. The quantitative estimate of drug-likeness (QED) is 0.745. The third-order valence-electron chi connectivity index (χ3n) is 1.77. The van der Waals surface area contributed by atoms with Crippen LogP contribution in [0.3, 0.4) is 0 Å². The van der Waals surface area contributed by atoms with E-state index in [1.807, 2.05) is 0 Å². The van der Waals surface area contributed by atoms with Gasteiger partial charge in [-0.25, -0.2) is 9.18 Å². The summed E-state index contributed by atoms with van der Waals surface area (Å²) in [6.45, 7) is 1.99. The van der Waals surface area contributed by atoms with E-state index in [0.717, 1.165) is 0 Å². The van der Waals surface area contributed by atoms with Crippen molar-refractivity contribution in [2.75, 3.05) is 6.61 Å². The lowest BCUT2D eigenvalue weighted by atomic mass is 10.1. The van der Waals surface area contributed by atoms with Crippen LogP contribution in [0.15, 0.2) is 24.3 Å². The van der Waals surface area contributed by atoms with Gasteiger partial charge in [-0.15, -0.1) is 0 Å². The Labute approximate surface area is 81.7 Å². The van der Waals surface area contributed by atoms with Crippen molar-refractivity contribution in [1.29, 1.82) is 0 Å². The Morgan fingerprint density at radius 1 is 1.50 bits per heavy atom. The molecule has 1 aromatic carbocycles. The summed E-state index contributed by atoms with van der Waals surface area (Å²) in [6.07, 6.45) is 0. The van der Waals surface area contributed by atoms with E-state index in [4.69, 9.17) is 10.5 Å². The lowest BCUT2D eigenvalue weighted by Crippen LogP contribution is -2.23. The second-order valence-electron chi connectivity index (χ2n) is 2.78. The molecule has 4 heteroatoms. The molecule has 0 spiro atoms. The second kappa shape index (κ2) is 4.72. The Kier molecular flexibility index (Phi) is 3.59. The average Bonchev–Trinajstić information content (AvgIpc) is 2.18. The minimum absolute atomic E-state index is 0.285. The number of esters is 1. The second-order valence-corrected chi connectivity index (χ2v) is 2.78. The lowest BCUT2D eigenvalue weighted by molar-refractivity contribution is -0.144. The summed E-state index contributed by atoms with van der Waals surface area (Å²) < 4.78 is 17.3. The zero-order chi connectivity index (χ0) is 10.6. The van der Waals surface area contributed by atoms with Crippen LogP contribution >= 0.6 is 0 Å². The Morgan fingerprint density at radius 3 is 2.57 bits per heavy atom. The standard InChI is InChI=1S/C10H12FNO2/c1-2-14-10(13)9(12)7-3-5-8(11)6-4-7/h3-6,9H,2,12H2,1H3/t9-/m1/s1. The van der Waals surface area contributed by atoms with E-state index in [1.165, 1.54) is 24.3 Å². The van der Waals surface area contributed by atoms with Gasteiger partial charge in [-0.05, 0) is 24.6 Å². The topological polar surface area (TPSA) is 52.3 Å². The summed E-state index contributed by atoms with van der Waals surface area (Å²) in [7, 11) is 0. The van der Waals surface area contributed by atoms with Gasteiger partial charge in [-0.2, -0.15) is 0 Å².